The summed E-state index contributed by atoms with van der Waals surface area (Å²) < 4.78 is 7.32. The first kappa shape index (κ1) is 35.2. The highest BCUT2D eigenvalue weighted by molar-refractivity contribution is 6.26. The standard InChI is InChI=1S/C57H36N6/c1-5-17-37(18-6-1)55-58-56(38-19-7-2-8-20-38)60-57(59-55)39-29-31-42(32-30-39)62-50-28-16-13-25-43(50)45-33-34-46-48-36-51-47(35-52(48)63(54(46)53(45)62)41-23-11-4-12-24-41)44-26-14-15-27-49(44)61(51)40-21-9-3-10-22-40/h1-36H. The minimum Gasteiger partial charge on any atom is -0.309 e. The molecule has 13 rings (SSSR count). The van der Waals surface area contributed by atoms with E-state index in [2.05, 4.69) is 171 Å². The van der Waals surface area contributed by atoms with E-state index in [9.17, 15) is 0 Å². The average Bonchev–Trinajstić information content (AvgIpc) is 3.99. The Morgan fingerprint density at radius 3 is 1.13 bits per heavy atom. The highest BCUT2D eigenvalue weighted by atomic mass is 15.1. The van der Waals surface area contributed by atoms with Gasteiger partial charge in [-0.1, -0.05) is 146 Å². The lowest BCUT2D eigenvalue weighted by molar-refractivity contribution is 1.07. The van der Waals surface area contributed by atoms with E-state index in [0.717, 1.165) is 55.8 Å². The molecule has 4 aromatic heterocycles. The number of benzene rings is 9. The summed E-state index contributed by atoms with van der Waals surface area (Å²) in [6, 6.07) is 77.4. The SMILES string of the molecule is c1ccc(-c2nc(-c3ccccc3)nc(-c3ccc(-n4c5ccccc5c5ccc6c7cc8c(cc7n(-c7ccccc7)c6c54)c4ccccc4n8-c4ccccc4)cc3)n2)cc1. The molecule has 13 aromatic rings. The van der Waals surface area contributed by atoms with Gasteiger partial charge >= 0.3 is 0 Å². The van der Waals surface area contributed by atoms with Crippen LogP contribution in [-0.4, -0.2) is 28.7 Å². The first-order chi connectivity index (χ1) is 31.3. The summed E-state index contributed by atoms with van der Waals surface area (Å²) in [6.45, 7) is 0. The molecular formula is C57H36N6. The van der Waals surface area contributed by atoms with E-state index in [1.165, 1.54) is 43.4 Å². The predicted molar refractivity (Wildman–Crippen MR) is 259 cm³/mol. The molecule has 0 fully saturated rings. The second-order valence-corrected chi connectivity index (χ2v) is 16.0. The van der Waals surface area contributed by atoms with Crippen LogP contribution in [0.3, 0.4) is 0 Å². The molecule has 294 valence electrons. The summed E-state index contributed by atoms with van der Waals surface area (Å²) in [5.41, 5.74) is 13.1. The second kappa shape index (κ2) is 14.0. The molecule has 0 aliphatic carbocycles. The van der Waals surface area contributed by atoms with E-state index in [1.807, 2.05) is 60.7 Å². The Morgan fingerprint density at radius 1 is 0.238 bits per heavy atom. The van der Waals surface area contributed by atoms with Crippen molar-refractivity contribution in [3.8, 4) is 51.2 Å². The Hall–Kier alpha value is -8.61. The zero-order valence-corrected chi connectivity index (χ0v) is 34.0. The zero-order valence-electron chi connectivity index (χ0n) is 34.0. The van der Waals surface area contributed by atoms with E-state index in [1.54, 1.807) is 0 Å². The predicted octanol–water partition coefficient (Wildman–Crippen LogP) is 14.2. The normalized spacial score (nSPS) is 11.8. The van der Waals surface area contributed by atoms with Crippen LogP contribution in [0.1, 0.15) is 0 Å². The monoisotopic (exact) mass is 804 g/mol. The second-order valence-electron chi connectivity index (χ2n) is 16.0. The lowest BCUT2D eigenvalue weighted by Gasteiger charge is -2.13. The van der Waals surface area contributed by atoms with E-state index < -0.39 is 0 Å². The third-order valence-corrected chi connectivity index (χ3v) is 12.5. The van der Waals surface area contributed by atoms with Crippen molar-refractivity contribution < 1.29 is 0 Å². The van der Waals surface area contributed by atoms with Gasteiger partial charge in [-0.3, -0.25) is 0 Å². The van der Waals surface area contributed by atoms with Gasteiger partial charge in [-0.2, -0.15) is 0 Å². The molecule has 0 aliphatic rings. The van der Waals surface area contributed by atoms with Crippen LogP contribution in [0.4, 0.5) is 0 Å². The van der Waals surface area contributed by atoms with Crippen LogP contribution in [0.2, 0.25) is 0 Å². The van der Waals surface area contributed by atoms with E-state index in [-0.39, 0.29) is 0 Å². The summed E-state index contributed by atoms with van der Waals surface area (Å²) in [5.74, 6) is 1.91. The van der Waals surface area contributed by atoms with Crippen LogP contribution in [0.25, 0.3) is 117 Å². The summed E-state index contributed by atoms with van der Waals surface area (Å²) in [7, 11) is 0. The van der Waals surface area contributed by atoms with Crippen molar-refractivity contribution in [1.82, 2.24) is 28.7 Å². The fourth-order valence-electron chi connectivity index (χ4n) is 9.67. The Balaban J connectivity index is 1.08. The molecule has 9 aromatic carbocycles. The molecule has 0 bridgehead atoms. The molecule has 0 amide bonds. The molecule has 0 spiro atoms. The number of nitrogens with zero attached hydrogens (tertiary/aromatic N) is 6. The van der Waals surface area contributed by atoms with Crippen LogP contribution >= 0.6 is 0 Å². The molecule has 0 saturated carbocycles. The third kappa shape index (κ3) is 5.48. The molecule has 6 nitrogen and oxygen atoms in total. The minimum atomic E-state index is 0.627. The summed E-state index contributed by atoms with van der Waals surface area (Å²) >= 11 is 0. The van der Waals surface area contributed by atoms with Crippen LogP contribution < -0.4 is 0 Å². The molecule has 0 unspecified atom stereocenters. The first-order valence-electron chi connectivity index (χ1n) is 21.3. The highest BCUT2D eigenvalue weighted by Crippen LogP contribution is 2.44. The van der Waals surface area contributed by atoms with Gasteiger partial charge in [0.1, 0.15) is 0 Å². The largest absolute Gasteiger partial charge is 0.309 e. The maximum Gasteiger partial charge on any atom is 0.164 e. The van der Waals surface area contributed by atoms with E-state index in [4.69, 9.17) is 15.0 Å². The van der Waals surface area contributed by atoms with E-state index in [0.29, 0.717) is 17.5 Å². The van der Waals surface area contributed by atoms with Gasteiger partial charge in [-0.25, -0.2) is 15.0 Å². The topological polar surface area (TPSA) is 53.5 Å². The molecule has 6 heteroatoms. The number of aromatic nitrogens is 6. The van der Waals surface area contributed by atoms with Crippen molar-refractivity contribution in [2.24, 2.45) is 0 Å². The number of fused-ring (bicyclic) bond motifs is 10. The minimum absolute atomic E-state index is 0.627. The summed E-state index contributed by atoms with van der Waals surface area (Å²) in [4.78, 5) is 15.0. The van der Waals surface area contributed by atoms with Crippen LogP contribution in [0.5, 0.6) is 0 Å². The molecule has 0 N–H and O–H groups in total. The fourth-order valence-corrected chi connectivity index (χ4v) is 9.67. The van der Waals surface area contributed by atoms with E-state index >= 15 is 0 Å². The van der Waals surface area contributed by atoms with Gasteiger partial charge in [0.25, 0.3) is 0 Å². The quantitative estimate of drug-likeness (QED) is 0.168. The maximum atomic E-state index is 5.03. The summed E-state index contributed by atoms with van der Waals surface area (Å²) in [5, 5.41) is 7.25. The van der Waals surface area contributed by atoms with Crippen molar-refractivity contribution in [2.45, 2.75) is 0 Å². The van der Waals surface area contributed by atoms with Crippen molar-refractivity contribution in [3.05, 3.63) is 218 Å². The lowest BCUT2D eigenvalue weighted by Crippen LogP contribution is -2.01. The maximum absolute atomic E-state index is 5.03. The van der Waals surface area contributed by atoms with Gasteiger partial charge in [0.2, 0.25) is 0 Å². The number of hydrogen-bond acceptors (Lipinski definition) is 3. The van der Waals surface area contributed by atoms with Crippen LogP contribution in [0, 0.1) is 0 Å². The molecular weight excluding hydrogens is 769 g/mol. The number of hydrogen-bond donors (Lipinski definition) is 0. The molecule has 4 heterocycles. The zero-order chi connectivity index (χ0) is 41.4. The molecule has 0 radical (unpaired) electrons. The van der Waals surface area contributed by atoms with Gasteiger partial charge in [-0.15, -0.1) is 0 Å². The van der Waals surface area contributed by atoms with Crippen molar-refractivity contribution in [1.29, 1.82) is 0 Å². The van der Waals surface area contributed by atoms with Crippen LogP contribution in [-0.2, 0) is 0 Å². The van der Waals surface area contributed by atoms with Crippen LogP contribution in [0.15, 0.2) is 218 Å². The fraction of sp³-hybridized carbons (Fsp3) is 0. The number of rotatable bonds is 6. The Kier molecular flexibility index (Phi) is 7.80. The van der Waals surface area contributed by atoms with Gasteiger partial charge in [-0.05, 0) is 72.8 Å². The Bertz CT molecular complexity index is 3810. The molecule has 0 atom stereocenters. The smallest absolute Gasteiger partial charge is 0.164 e. The highest BCUT2D eigenvalue weighted by Gasteiger charge is 2.23. The van der Waals surface area contributed by atoms with Gasteiger partial charge in [0.05, 0.1) is 33.1 Å². The van der Waals surface area contributed by atoms with Crippen molar-refractivity contribution in [2.75, 3.05) is 0 Å². The van der Waals surface area contributed by atoms with Gasteiger partial charge in [0, 0.05) is 66.1 Å². The van der Waals surface area contributed by atoms with Gasteiger partial charge < -0.3 is 13.7 Å². The number of para-hydroxylation sites is 4. The lowest BCUT2D eigenvalue weighted by atomic mass is 10.1. The Morgan fingerprint density at radius 2 is 0.587 bits per heavy atom. The molecule has 0 saturated heterocycles. The van der Waals surface area contributed by atoms with Gasteiger partial charge in [0.15, 0.2) is 17.5 Å². The van der Waals surface area contributed by atoms with Crippen molar-refractivity contribution >= 4 is 65.4 Å². The molecule has 0 aliphatic heterocycles. The first-order valence-corrected chi connectivity index (χ1v) is 21.3. The average molecular weight is 805 g/mol. The Labute approximate surface area is 362 Å². The third-order valence-electron chi connectivity index (χ3n) is 12.5. The molecule has 63 heavy (non-hydrogen) atoms. The summed E-state index contributed by atoms with van der Waals surface area (Å²) in [6.07, 6.45) is 0. The van der Waals surface area contributed by atoms with Crippen molar-refractivity contribution in [3.63, 3.8) is 0 Å².